The van der Waals surface area contributed by atoms with Crippen LogP contribution >= 0.6 is 0 Å². The summed E-state index contributed by atoms with van der Waals surface area (Å²) in [5, 5.41) is 8.79. The van der Waals surface area contributed by atoms with Crippen LogP contribution in [0, 0.1) is 0 Å². The van der Waals surface area contributed by atoms with Gasteiger partial charge in [-0.3, -0.25) is 9.78 Å². The highest BCUT2D eigenvalue weighted by Crippen LogP contribution is 2.19. The number of nitrogens with zero attached hydrogens (tertiary/aromatic N) is 3. The molecule has 2 rings (SSSR count). The van der Waals surface area contributed by atoms with Crippen molar-refractivity contribution in [1.29, 1.82) is 0 Å². The Morgan fingerprint density at radius 2 is 2.38 bits per heavy atom. The molecule has 2 aromatic heterocycles. The predicted molar refractivity (Wildman–Crippen MR) is 57.0 cm³/mol. The van der Waals surface area contributed by atoms with Crippen molar-refractivity contribution < 1.29 is 9.90 Å². The maximum atomic E-state index is 10.7. The molecule has 0 spiro atoms. The van der Waals surface area contributed by atoms with Gasteiger partial charge < -0.3 is 15.2 Å². The summed E-state index contributed by atoms with van der Waals surface area (Å²) < 4.78 is 1.81. The molecule has 0 fully saturated rings. The molecule has 0 aliphatic carbocycles. The Balaban J connectivity index is 2.41. The average Bonchev–Trinajstić information content (AvgIpc) is 2.69. The minimum atomic E-state index is -0.862. The first-order chi connectivity index (χ1) is 7.72. The summed E-state index contributed by atoms with van der Waals surface area (Å²) in [6, 6.07) is 0. The summed E-state index contributed by atoms with van der Waals surface area (Å²) in [5.41, 5.74) is 7.09. The lowest BCUT2D eigenvalue weighted by Crippen LogP contribution is -2.17. The summed E-state index contributed by atoms with van der Waals surface area (Å²) in [4.78, 5) is 18.8. The SMILES string of the molecule is NCC(CC(=O)O)c1cnc2cnccn12. The zero-order chi connectivity index (χ0) is 11.5. The van der Waals surface area contributed by atoms with Crippen LogP contribution in [-0.4, -0.2) is 32.0 Å². The number of fused-ring (bicyclic) bond motifs is 1. The number of carboxylic acid groups (broad SMARTS) is 1. The third kappa shape index (κ3) is 1.87. The van der Waals surface area contributed by atoms with E-state index in [1.54, 1.807) is 24.8 Å². The highest BCUT2D eigenvalue weighted by molar-refractivity contribution is 5.68. The maximum Gasteiger partial charge on any atom is 0.304 e. The molecule has 0 saturated carbocycles. The van der Waals surface area contributed by atoms with Gasteiger partial charge in [-0.15, -0.1) is 0 Å². The van der Waals surface area contributed by atoms with Crippen LogP contribution in [0.15, 0.2) is 24.8 Å². The van der Waals surface area contributed by atoms with E-state index < -0.39 is 5.97 Å². The van der Waals surface area contributed by atoms with Crippen LogP contribution in [0.2, 0.25) is 0 Å². The summed E-state index contributed by atoms with van der Waals surface area (Å²) >= 11 is 0. The number of imidazole rings is 1. The highest BCUT2D eigenvalue weighted by Gasteiger charge is 2.17. The number of aromatic nitrogens is 3. The smallest absolute Gasteiger partial charge is 0.304 e. The first kappa shape index (κ1) is 10.6. The molecule has 0 aliphatic rings. The van der Waals surface area contributed by atoms with Crippen molar-refractivity contribution in [3.63, 3.8) is 0 Å². The molecule has 84 valence electrons. The van der Waals surface area contributed by atoms with Gasteiger partial charge in [-0.05, 0) is 0 Å². The number of nitrogens with two attached hydrogens (primary N) is 1. The summed E-state index contributed by atoms with van der Waals surface area (Å²) in [5.74, 6) is -1.09. The van der Waals surface area contributed by atoms with Gasteiger partial charge in [0.15, 0.2) is 5.65 Å². The standard InChI is InChI=1S/C10H12N4O2/c11-4-7(3-10(15)16)8-5-13-9-6-12-1-2-14(8)9/h1-2,5-7H,3-4,11H2,(H,15,16). The van der Waals surface area contributed by atoms with Crippen molar-refractivity contribution in [2.24, 2.45) is 5.73 Å². The first-order valence-corrected chi connectivity index (χ1v) is 4.91. The first-order valence-electron chi connectivity index (χ1n) is 4.91. The normalized spacial score (nSPS) is 12.8. The summed E-state index contributed by atoms with van der Waals surface area (Å²) in [6.07, 6.45) is 6.66. The van der Waals surface area contributed by atoms with Crippen LogP contribution in [0.5, 0.6) is 0 Å². The molecule has 1 unspecified atom stereocenters. The van der Waals surface area contributed by atoms with Gasteiger partial charge in [0, 0.05) is 36.7 Å². The number of aliphatic carboxylic acids is 1. The Kier molecular flexibility index (Phi) is 2.82. The van der Waals surface area contributed by atoms with Gasteiger partial charge in [0.2, 0.25) is 0 Å². The monoisotopic (exact) mass is 220 g/mol. The van der Waals surface area contributed by atoms with Crippen molar-refractivity contribution in [3.05, 3.63) is 30.5 Å². The van der Waals surface area contributed by atoms with E-state index in [4.69, 9.17) is 10.8 Å². The van der Waals surface area contributed by atoms with Crippen LogP contribution < -0.4 is 5.73 Å². The van der Waals surface area contributed by atoms with Gasteiger partial charge in [-0.25, -0.2) is 4.98 Å². The molecular weight excluding hydrogens is 208 g/mol. The molecule has 2 heterocycles. The number of hydrogen-bond acceptors (Lipinski definition) is 4. The zero-order valence-electron chi connectivity index (χ0n) is 8.58. The molecular formula is C10H12N4O2. The molecule has 6 heteroatoms. The second kappa shape index (κ2) is 4.28. The maximum absolute atomic E-state index is 10.7. The second-order valence-corrected chi connectivity index (χ2v) is 3.52. The molecule has 0 amide bonds. The fourth-order valence-corrected chi connectivity index (χ4v) is 1.68. The molecule has 0 aliphatic heterocycles. The van der Waals surface area contributed by atoms with Crippen molar-refractivity contribution in [2.75, 3.05) is 6.54 Å². The molecule has 16 heavy (non-hydrogen) atoms. The Labute approximate surface area is 91.7 Å². The van der Waals surface area contributed by atoms with E-state index in [1.165, 1.54) is 0 Å². The van der Waals surface area contributed by atoms with Gasteiger partial charge >= 0.3 is 5.97 Å². The fraction of sp³-hybridized carbons (Fsp3) is 0.300. The van der Waals surface area contributed by atoms with Crippen LogP contribution in [0.25, 0.3) is 5.65 Å². The lowest BCUT2D eigenvalue weighted by molar-refractivity contribution is -0.137. The highest BCUT2D eigenvalue weighted by atomic mass is 16.4. The predicted octanol–water partition coefficient (Wildman–Crippen LogP) is 0.246. The molecule has 0 bridgehead atoms. The average molecular weight is 220 g/mol. The minimum absolute atomic E-state index is 0.00656. The molecule has 1 atom stereocenters. The molecule has 6 nitrogen and oxygen atoms in total. The van der Waals surface area contributed by atoms with Crippen LogP contribution in [0.1, 0.15) is 18.0 Å². The minimum Gasteiger partial charge on any atom is -0.481 e. The van der Waals surface area contributed by atoms with Crippen LogP contribution in [0.4, 0.5) is 0 Å². The van der Waals surface area contributed by atoms with Crippen molar-refractivity contribution >= 4 is 11.6 Å². The quantitative estimate of drug-likeness (QED) is 0.770. The fourth-order valence-electron chi connectivity index (χ4n) is 1.68. The number of rotatable bonds is 4. The van der Waals surface area contributed by atoms with Gasteiger partial charge in [-0.1, -0.05) is 0 Å². The second-order valence-electron chi connectivity index (χ2n) is 3.52. The molecule has 3 N–H and O–H groups in total. The van der Waals surface area contributed by atoms with E-state index >= 15 is 0 Å². The third-order valence-electron chi connectivity index (χ3n) is 2.47. The van der Waals surface area contributed by atoms with E-state index in [-0.39, 0.29) is 18.9 Å². The lowest BCUT2D eigenvalue weighted by Gasteiger charge is -2.11. The topological polar surface area (TPSA) is 93.5 Å². The van der Waals surface area contributed by atoms with E-state index in [0.717, 1.165) is 5.69 Å². The number of hydrogen-bond donors (Lipinski definition) is 2. The van der Waals surface area contributed by atoms with Gasteiger partial charge in [0.1, 0.15) is 0 Å². The van der Waals surface area contributed by atoms with E-state index in [2.05, 4.69) is 9.97 Å². The Hall–Kier alpha value is -1.95. The van der Waals surface area contributed by atoms with Gasteiger partial charge in [0.25, 0.3) is 0 Å². The third-order valence-corrected chi connectivity index (χ3v) is 2.47. The molecule has 2 aromatic rings. The van der Waals surface area contributed by atoms with Gasteiger partial charge in [0.05, 0.1) is 12.6 Å². The number of carbonyl (C=O) groups is 1. The Morgan fingerprint density at radius 3 is 3.06 bits per heavy atom. The summed E-state index contributed by atoms with van der Waals surface area (Å²) in [7, 11) is 0. The van der Waals surface area contributed by atoms with Crippen LogP contribution in [-0.2, 0) is 4.79 Å². The van der Waals surface area contributed by atoms with E-state index in [9.17, 15) is 4.79 Å². The molecule has 0 saturated heterocycles. The lowest BCUT2D eigenvalue weighted by atomic mass is 10.0. The van der Waals surface area contributed by atoms with Crippen LogP contribution in [0.3, 0.4) is 0 Å². The molecule has 0 aromatic carbocycles. The summed E-state index contributed by atoms with van der Waals surface area (Å²) in [6.45, 7) is 0.280. The van der Waals surface area contributed by atoms with Crippen molar-refractivity contribution in [2.45, 2.75) is 12.3 Å². The molecule has 0 radical (unpaired) electrons. The number of carboxylic acids is 1. The Morgan fingerprint density at radius 1 is 1.56 bits per heavy atom. The Bertz CT molecular complexity index is 508. The van der Waals surface area contributed by atoms with E-state index in [0.29, 0.717) is 5.65 Å². The van der Waals surface area contributed by atoms with E-state index in [1.807, 2.05) is 4.40 Å². The zero-order valence-corrected chi connectivity index (χ0v) is 8.58. The van der Waals surface area contributed by atoms with Crippen molar-refractivity contribution in [3.8, 4) is 0 Å². The van der Waals surface area contributed by atoms with Crippen molar-refractivity contribution in [1.82, 2.24) is 14.4 Å². The van der Waals surface area contributed by atoms with Gasteiger partial charge in [-0.2, -0.15) is 0 Å². The largest absolute Gasteiger partial charge is 0.481 e.